The Labute approximate surface area is 116 Å². The van der Waals surface area contributed by atoms with Gasteiger partial charge in [0, 0.05) is 11.8 Å². The van der Waals surface area contributed by atoms with Gasteiger partial charge in [-0.3, -0.25) is 0 Å². The number of carboxylic acids is 1. The average molecular weight is 278 g/mol. The molecule has 0 fully saturated rings. The van der Waals surface area contributed by atoms with Crippen LogP contribution in [0.5, 0.6) is 0 Å². The lowest BCUT2D eigenvalue weighted by Gasteiger charge is -2.15. The van der Waals surface area contributed by atoms with E-state index in [1.807, 2.05) is 24.8 Å². The van der Waals surface area contributed by atoms with Crippen molar-refractivity contribution in [1.82, 2.24) is 9.55 Å². The van der Waals surface area contributed by atoms with E-state index in [0.717, 1.165) is 28.4 Å². The molecule has 0 saturated carbocycles. The highest BCUT2D eigenvalue weighted by Crippen LogP contribution is 2.24. The van der Waals surface area contributed by atoms with Crippen LogP contribution in [-0.4, -0.2) is 32.1 Å². The van der Waals surface area contributed by atoms with Crippen LogP contribution in [0.4, 0.5) is 0 Å². The van der Waals surface area contributed by atoms with E-state index < -0.39 is 5.97 Å². The molecule has 1 heterocycles. The smallest absolute Gasteiger partial charge is 0.335 e. The molecule has 102 valence electrons. The number of carboxylic acid groups (broad SMARTS) is 1. The number of imidazole rings is 1. The van der Waals surface area contributed by atoms with Crippen LogP contribution >= 0.6 is 11.8 Å². The van der Waals surface area contributed by atoms with Crippen molar-refractivity contribution in [2.24, 2.45) is 0 Å². The number of aromatic carboxylic acids is 1. The molecule has 1 atom stereocenters. The minimum atomic E-state index is -0.913. The summed E-state index contributed by atoms with van der Waals surface area (Å²) in [6, 6.07) is 5.49. The van der Waals surface area contributed by atoms with Crippen molar-refractivity contribution >= 4 is 28.8 Å². The van der Waals surface area contributed by atoms with Gasteiger partial charge in [0.15, 0.2) is 0 Å². The number of hydrogen-bond acceptors (Lipinski definition) is 3. The highest BCUT2D eigenvalue weighted by Gasteiger charge is 2.14. The maximum absolute atomic E-state index is 11.0. The fraction of sp³-hybridized carbons (Fsp3) is 0.429. The van der Waals surface area contributed by atoms with Gasteiger partial charge in [-0.2, -0.15) is 11.8 Å². The highest BCUT2D eigenvalue weighted by atomic mass is 32.2. The number of benzene rings is 1. The van der Waals surface area contributed by atoms with Crippen molar-refractivity contribution in [1.29, 1.82) is 0 Å². The molecule has 0 aliphatic rings. The lowest BCUT2D eigenvalue weighted by atomic mass is 10.2. The third-order valence-electron chi connectivity index (χ3n) is 3.12. The van der Waals surface area contributed by atoms with Crippen LogP contribution in [-0.2, 0) is 0 Å². The van der Waals surface area contributed by atoms with Gasteiger partial charge in [-0.25, -0.2) is 9.78 Å². The van der Waals surface area contributed by atoms with Gasteiger partial charge in [0.1, 0.15) is 5.82 Å². The highest BCUT2D eigenvalue weighted by molar-refractivity contribution is 7.99. The Morgan fingerprint density at radius 3 is 2.89 bits per heavy atom. The number of hydrogen-bond donors (Lipinski definition) is 1. The average Bonchev–Trinajstić information content (AvgIpc) is 2.70. The van der Waals surface area contributed by atoms with Crippen molar-refractivity contribution in [3.63, 3.8) is 0 Å². The number of carbonyl (C=O) groups is 1. The molecule has 1 N–H and O–H groups in total. The zero-order chi connectivity index (χ0) is 14.0. The summed E-state index contributed by atoms with van der Waals surface area (Å²) >= 11 is 1.90. The number of thioether (sulfide) groups is 1. The zero-order valence-electron chi connectivity index (χ0n) is 11.4. The second-order valence-corrected chi connectivity index (χ2v) is 5.87. The Kier molecular flexibility index (Phi) is 4.14. The van der Waals surface area contributed by atoms with E-state index in [9.17, 15) is 4.79 Å². The predicted molar refractivity (Wildman–Crippen MR) is 79.1 cm³/mol. The summed E-state index contributed by atoms with van der Waals surface area (Å²) < 4.78 is 2.18. The van der Waals surface area contributed by atoms with E-state index in [-0.39, 0.29) is 5.56 Å². The molecule has 5 heteroatoms. The molecule has 19 heavy (non-hydrogen) atoms. The zero-order valence-corrected chi connectivity index (χ0v) is 12.2. The summed E-state index contributed by atoms with van der Waals surface area (Å²) in [5.74, 6) is 2.15. The molecular formula is C14H18N2O2S. The van der Waals surface area contributed by atoms with Gasteiger partial charge in [0.25, 0.3) is 0 Å². The summed E-state index contributed by atoms with van der Waals surface area (Å²) in [5.41, 5.74) is 2.05. The lowest BCUT2D eigenvalue weighted by molar-refractivity contribution is 0.0697. The number of fused-ring (bicyclic) bond motifs is 1. The molecule has 0 saturated heterocycles. The van der Waals surface area contributed by atoms with Crippen LogP contribution in [0, 0.1) is 6.92 Å². The molecule has 0 aliphatic heterocycles. The maximum Gasteiger partial charge on any atom is 0.335 e. The predicted octanol–water partition coefficient (Wildman–Crippen LogP) is 3.36. The fourth-order valence-electron chi connectivity index (χ4n) is 2.27. The Balaban J connectivity index is 2.44. The Bertz CT molecular complexity index is 607. The van der Waals surface area contributed by atoms with Gasteiger partial charge in [0.2, 0.25) is 0 Å². The Morgan fingerprint density at radius 1 is 1.53 bits per heavy atom. The van der Waals surface area contributed by atoms with E-state index in [2.05, 4.69) is 23.4 Å². The minimum absolute atomic E-state index is 0.285. The first kappa shape index (κ1) is 13.9. The van der Waals surface area contributed by atoms with Gasteiger partial charge in [-0.05, 0) is 37.8 Å². The van der Waals surface area contributed by atoms with Crippen molar-refractivity contribution in [2.45, 2.75) is 26.8 Å². The number of nitrogens with zero attached hydrogens (tertiary/aromatic N) is 2. The van der Waals surface area contributed by atoms with Crippen molar-refractivity contribution in [3.05, 3.63) is 29.6 Å². The molecule has 4 nitrogen and oxygen atoms in total. The van der Waals surface area contributed by atoms with Crippen LogP contribution in [0.1, 0.15) is 36.1 Å². The van der Waals surface area contributed by atoms with Gasteiger partial charge in [-0.1, -0.05) is 6.92 Å². The molecule has 0 aliphatic carbocycles. The summed E-state index contributed by atoms with van der Waals surface area (Å²) in [7, 11) is 0. The molecule has 0 amide bonds. The molecule has 2 aromatic rings. The Morgan fingerprint density at radius 2 is 2.26 bits per heavy atom. The van der Waals surface area contributed by atoms with Crippen molar-refractivity contribution < 1.29 is 9.90 Å². The van der Waals surface area contributed by atoms with E-state index in [1.54, 1.807) is 12.1 Å². The van der Waals surface area contributed by atoms with Crippen LogP contribution in [0.25, 0.3) is 11.0 Å². The molecule has 1 aromatic carbocycles. The Hall–Kier alpha value is -1.49. The van der Waals surface area contributed by atoms with Crippen LogP contribution in [0.3, 0.4) is 0 Å². The van der Waals surface area contributed by atoms with Crippen LogP contribution < -0.4 is 0 Å². The summed E-state index contributed by atoms with van der Waals surface area (Å²) in [6.07, 6.45) is 0. The first-order chi connectivity index (χ1) is 9.04. The quantitative estimate of drug-likeness (QED) is 0.911. The largest absolute Gasteiger partial charge is 0.478 e. The summed E-state index contributed by atoms with van der Waals surface area (Å²) in [4.78, 5) is 15.4. The van der Waals surface area contributed by atoms with Gasteiger partial charge in [0.05, 0.1) is 16.6 Å². The topological polar surface area (TPSA) is 55.1 Å². The molecule has 0 bridgehead atoms. The monoisotopic (exact) mass is 278 g/mol. The van der Waals surface area contributed by atoms with Crippen LogP contribution in [0.2, 0.25) is 0 Å². The van der Waals surface area contributed by atoms with E-state index in [4.69, 9.17) is 5.11 Å². The van der Waals surface area contributed by atoms with E-state index >= 15 is 0 Å². The number of aryl methyl sites for hydroxylation is 1. The minimum Gasteiger partial charge on any atom is -0.478 e. The summed E-state index contributed by atoms with van der Waals surface area (Å²) in [6.45, 7) is 6.28. The molecule has 1 aromatic heterocycles. The second-order valence-electron chi connectivity index (χ2n) is 4.55. The maximum atomic E-state index is 11.0. The number of rotatable bonds is 5. The van der Waals surface area contributed by atoms with E-state index in [0.29, 0.717) is 6.04 Å². The molecular weight excluding hydrogens is 260 g/mol. The molecule has 2 rings (SSSR count). The van der Waals surface area contributed by atoms with Gasteiger partial charge in [-0.15, -0.1) is 0 Å². The first-order valence-corrected chi connectivity index (χ1v) is 7.49. The second kappa shape index (κ2) is 5.65. The van der Waals surface area contributed by atoms with Gasteiger partial charge >= 0.3 is 5.97 Å². The molecule has 1 unspecified atom stereocenters. The van der Waals surface area contributed by atoms with Crippen molar-refractivity contribution in [3.8, 4) is 0 Å². The normalized spacial score (nSPS) is 12.8. The number of aromatic nitrogens is 2. The summed E-state index contributed by atoms with van der Waals surface area (Å²) in [5, 5.41) is 9.01. The van der Waals surface area contributed by atoms with Crippen molar-refractivity contribution in [2.75, 3.05) is 11.5 Å². The molecule has 0 spiro atoms. The lowest BCUT2D eigenvalue weighted by Crippen LogP contribution is -2.09. The first-order valence-electron chi connectivity index (χ1n) is 6.34. The standard InChI is InChI=1S/C14H18N2O2S/c1-4-19-8-9(2)16-10(3)15-12-7-11(14(17)18)5-6-13(12)16/h5-7,9H,4,8H2,1-3H3,(H,17,18). The fourth-order valence-corrected chi connectivity index (χ4v) is 3.00. The third kappa shape index (κ3) is 2.76. The van der Waals surface area contributed by atoms with E-state index in [1.165, 1.54) is 0 Å². The van der Waals surface area contributed by atoms with Gasteiger partial charge < -0.3 is 9.67 Å². The van der Waals surface area contributed by atoms with Crippen LogP contribution in [0.15, 0.2) is 18.2 Å². The molecule has 0 radical (unpaired) electrons. The SMILES string of the molecule is CCSCC(C)n1c(C)nc2cc(C(=O)O)ccc21. The third-order valence-corrected chi connectivity index (χ3v) is 4.24.